The summed E-state index contributed by atoms with van der Waals surface area (Å²) in [5.74, 6) is 1.83. The van der Waals surface area contributed by atoms with Crippen LogP contribution in [0.15, 0.2) is 0 Å². The summed E-state index contributed by atoms with van der Waals surface area (Å²) in [5.41, 5.74) is 0.446. The SMILES string of the molecule is CCN(CC(=O)O)C(=O)CC[C@@H](C)[C@H]1CC[C@H]2[C@@H]3[C@@H](O)C[C@@H]4C[C@H](O)CC[C@]4(C)[C@H]3CC[C@]12C. The lowest BCUT2D eigenvalue weighted by molar-refractivity contribution is -0.174. The Morgan fingerprint density at radius 1 is 1.00 bits per heavy atom. The van der Waals surface area contributed by atoms with Gasteiger partial charge in [0.15, 0.2) is 0 Å². The molecular weight excluding hydrogens is 430 g/mol. The van der Waals surface area contributed by atoms with Gasteiger partial charge in [0.1, 0.15) is 6.54 Å². The second kappa shape index (κ2) is 9.72. The standard InChI is InChI=1S/C28H47NO5/c1-5-29(16-25(33)34)24(32)9-6-17(2)20-7-8-21-26-22(11-13-28(20,21)4)27(3)12-10-19(30)14-18(27)15-23(26)31/h17-23,26,30-31H,5-16H2,1-4H3,(H,33,34)/t17-,18+,19-,20-,21+,22+,23+,26+,27+,28-/m1/s1. The number of carbonyl (C=O) groups excluding carboxylic acids is 1. The van der Waals surface area contributed by atoms with Crippen LogP contribution in [0.4, 0.5) is 0 Å². The molecule has 4 fully saturated rings. The summed E-state index contributed by atoms with van der Waals surface area (Å²) >= 11 is 0. The predicted molar refractivity (Wildman–Crippen MR) is 131 cm³/mol. The average Bonchev–Trinajstić information content (AvgIpc) is 3.13. The van der Waals surface area contributed by atoms with Crippen molar-refractivity contribution in [3.63, 3.8) is 0 Å². The van der Waals surface area contributed by atoms with Crippen molar-refractivity contribution in [1.29, 1.82) is 0 Å². The minimum absolute atomic E-state index is 0.0543. The Labute approximate surface area is 205 Å². The quantitative estimate of drug-likeness (QED) is 0.507. The minimum Gasteiger partial charge on any atom is -0.480 e. The molecule has 0 spiro atoms. The van der Waals surface area contributed by atoms with Crippen LogP contribution in [-0.4, -0.2) is 57.4 Å². The Hall–Kier alpha value is -1.14. The van der Waals surface area contributed by atoms with Crippen molar-refractivity contribution in [2.75, 3.05) is 13.1 Å². The molecule has 0 bridgehead atoms. The van der Waals surface area contributed by atoms with Crippen LogP contribution in [0.2, 0.25) is 0 Å². The summed E-state index contributed by atoms with van der Waals surface area (Å²) in [6, 6.07) is 0. The summed E-state index contributed by atoms with van der Waals surface area (Å²) in [4.78, 5) is 25.1. The number of aliphatic hydroxyl groups is 2. The van der Waals surface area contributed by atoms with Crippen LogP contribution in [-0.2, 0) is 9.59 Å². The third kappa shape index (κ3) is 4.42. The van der Waals surface area contributed by atoms with E-state index >= 15 is 0 Å². The van der Waals surface area contributed by atoms with E-state index in [1.807, 2.05) is 6.92 Å². The van der Waals surface area contributed by atoms with Crippen molar-refractivity contribution < 1.29 is 24.9 Å². The molecule has 0 radical (unpaired) electrons. The number of hydrogen-bond donors (Lipinski definition) is 3. The molecule has 0 aliphatic heterocycles. The van der Waals surface area contributed by atoms with Gasteiger partial charge >= 0.3 is 5.97 Å². The Balaban J connectivity index is 1.44. The molecule has 0 aromatic carbocycles. The van der Waals surface area contributed by atoms with Crippen molar-refractivity contribution in [1.82, 2.24) is 4.90 Å². The highest BCUT2D eigenvalue weighted by Crippen LogP contribution is 2.68. The Morgan fingerprint density at radius 3 is 2.35 bits per heavy atom. The number of amides is 1. The molecule has 1 amide bonds. The van der Waals surface area contributed by atoms with Crippen molar-refractivity contribution >= 4 is 11.9 Å². The molecule has 0 aromatic heterocycles. The van der Waals surface area contributed by atoms with Gasteiger partial charge in [0.05, 0.1) is 12.2 Å². The van der Waals surface area contributed by atoms with Crippen LogP contribution >= 0.6 is 0 Å². The maximum atomic E-state index is 12.6. The lowest BCUT2D eigenvalue weighted by Gasteiger charge is -2.62. The fraction of sp³-hybridized carbons (Fsp3) is 0.929. The molecule has 0 heterocycles. The molecule has 6 nitrogen and oxygen atoms in total. The second-order valence-electron chi connectivity index (χ2n) is 12.8. The van der Waals surface area contributed by atoms with Crippen LogP contribution in [0.3, 0.4) is 0 Å². The first-order valence-corrected chi connectivity index (χ1v) is 13.9. The number of fused-ring (bicyclic) bond motifs is 5. The fourth-order valence-corrected chi connectivity index (χ4v) is 9.43. The van der Waals surface area contributed by atoms with E-state index in [4.69, 9.17) is 5.11 Å². The van der Waals surface area contributed by atoms with Crippen molar-refractivity contribution in [3.05, 3.63) is 0 Å². The molecule has 34 heavy (non-hydrogen) atoms. The molecule has 6 heteroatoms. The van der Waals surface area contributed by atoms with E-state index in [1.165, 1.54) is 24.2 Å². The summed E-state index contributed by atoms with van der Waals surface area (Å²) < 4.78 is 0. The van der Waals surface area contributed by atoms with Gasteiger partial charge in [-0.25, -0.2) is 0 Å². The number of likely N-dealkylation sites (N-methyl/N-ethyl adjacent to an activating group) is 1. The first kappa shape index (κ1) is 25.9. The zero-order valence-electron chi connectivity index (χ0n) is 21.7. The zero-order valence-corrected chi connectivity index (χ0v) is 21.7. The third-order valence-corrected chi connectivity index (χ3v) is 11.3. The molecule has 194 valence electrons. The van der Waals surface area contributed by atoms with Crippen LogP contribution in [0.5, 0.6) is 0 Å². The predicted octanol–water partition coefficient (Wildman–Crippen LogP) is 4.33. The lowest BCUT2D eigenvalue weighted by atomic mass is 9.43. The molecule has 10 atom stereocenters. The highest BCUT2D eigenvalue weighted by atomic mass is 16.4. The molecule has 4 saturated carbocycles. The Morgan fingerprint density at radius 2 is 1.68 bits per heavy atom. The van der Waals surface area contributed by atoms with Crippen molar-refractivity contribution in [2.24, 2.45) is 46.3 Å². The fourth-order valence-electron chi connectivity index (χ4n) is 9.43. The first-order valence-electron chi connectivity index (χ1n) is 13.9. The van der Waals surface area contributed by atoms with E-state index in [0.29, 0.717) is 48.5 Å². The minimum atomic E-state index is -0.958. The lowest BCUT2D eigenvalue weighted by Crippen LogP contribution is -2.58. The van der Waals surface area contributed by atoms with E-state index < -0.39 is 5.97 Å². The number of nitrogens with zero attached hydrogens (tertiary/aromatic N) is 1. The van der Waals surface area contributed by atoms with Crippen LogP contribution in [0.1, 0.15) is 91.9 Å². The van der Waals surface area contributed by atoms with Gasteiger partial charge in [-0.1, -0.05) is 20.8 Å². The van der Waals surface area contributed by atoms with Crippen LogP contribution in [0.25, 0.3) is 0 Å². The second-order valence-corrected chi connectivity index (χ2v) is 12.8. The number of aliphatic hydroxyl groups excluding tert-OH is 2. The van der Waals surface area contributed by atoms with E-state index in [2.05, 4.69) is 20.8 Å². The normalized spacial score (nSPS) is 44.5. The van der Waals surface area contributed by atoms with Gasteiger partial charge < -0.3 is 20.2 Å². The summed E-state index contributed by atoms with van der Waals surface area (Å²) in [5, 5.41) is 30.7. The number of carbonyl (C=O) groups is 2. The Bertz CT molecular complexity index is 772. The van der Waals surface area contributed by atoms with Crippen LogP contribution in [0, 0.1) is 46.3 Å². The molecular formula is C28H47NO5. The van der Waals surface area contributed by atoms with E-state index in [0.717, 1.165) is 38.5 Å². The zero-order chi connectivity index (χ0) is 24.8. The molecule has 0 saturated heterocycles. The average molecular weight is 478 g/mol. The first-order chi connectivity index (χ1) is 16.0. The molecule has 4 aliphatic carbocycles. The summed E-state index contributed by atoms with van der Waals surface area (Å²) in [6.45, 7) is 9.23. The highest BCUT2D eigenvalue weighted by molar-refractivity contribution is 5.81. The van der Waals surface area contributed by atoms with Gasteiger partial charge in [0.2, 0.25) is 5.91 Å². The van der Waals surface area contributed by atoms with Gasteiger partial charge in [-0.3, -0.25) is 9.59 Å². The molecule has 0 aromatic rings. The number of hydrogen-bond acceptors (Lipinski definition) is 4. The van der Waals surface area contributed by atoms with Gasteiger partial charge in [-0.05, 0) is 111 Å². The Kier molecular flexibility index (Phi) is 7.42. The van der Waals surface area contributed by atoms with Gasteiger partial charge in [-0.15, -0.1) is 0 Å². The van der Waals surface area contributed by atoms with Crippen molar-refractivity contribution in [2.45, 2.75) is 104 Å². The maximum Gasteiger partial charge on any atom is 0.323 e. The van der Waals surface area contributed by atoms with E-state index in [1.54, 1.807) is 0 Å². The highest BCUT2D eigenvalue weighted by Gasteiger charge is 2.62. The largest absolute Gasteiger partial charge is 0.480 e. The summed E-state index contributed by atoms with van der Waals surface area (Å²) in [6.07, 6.45) is 9.13. The van der Waals surface area contributed by atoms with Crippen molar-refractivity contribution in [3.8, 4) is 0 Å². The monoisotopic (exact) mass is 477 g/mol. The maximum absolute atomic E-state index is 12.6. The number of aliphatic carboxylic acids is 1. The smallest absolute Gasteiger partial charge is 0.323 e. The molecule has 0 unspecified atom stereocenters. The topological polar surface area (TPSA) is 98.1 Å². The van der Waals surface area contributed by atoms with Gasteiger partial charge in [0, 0.05) is 13.0 Å². The third-order valence-electron chi connectivity index (χ3n) is 11.3. The number of carboxylic acid groups (broad SMARTS) is 1. The summed E-state index contributed by atoms with van der Waals surface area (Å²) in [7, 11) is 0. The number of carboxylic acids is 1. The van der Waals surface area contributed by atoms with Gasteiger partial charge in [0.25, 0.3) is 0 Å². The van der Waals surface area contributed by atoms with Gasteiger partial charge in [-0.2, -0.15) is 0 Å². The number of rotatable bonds is 7. The van der Waals surface area contributed by atoms with E-state index in [-0.39, 0.29) is 35.5 Å². The molecule has 4 aliphatic rings. The molecule has 4 rings (SSSR count). The van der Waals surface area contributed by atoms with Crippen LogP contribution < -0.4 is 0 Å². The van der Waals surface area contributed by atoms with E-state index in [9.17, 15) is 19.8 Å². The molecule has 3 N–H and O–H groups in total.